The van der Waals surface area contributed by atoms with Crippen molar-refractivity contribution in [2.45, 2.75) is 43.9 Å². The van der Waals surface area contributed by atoms with Crippen LogP contribution in [0.4, 0.5) is 0 Å². The summed E-state index contributed by atoms with van der Waals surface area (Å²) in [5.41, 5.74) is 0. The van der Waals surface area contributed by atoms with Crippen molar-refractivity contribution in [3.8, 4) is 6.07 Å². The third kappa shape index (κ3) is 1.56. The third-order valence-corrected chi connectivity index (χ3v) is 4.36. The quantitative estimate of drug-likeness (QED) is 0.734. The zero-order chi connectivity index (χ0) is 12.6. The molecule has 1 saturated carbocycles. The molecule has 3 rings (SSSR count). The van der Waals surface area contributed by atoms with Gasteiger partial charge in [-0.3, -0.25) is 4.79 Å². The number of hydrogen-bond acceptors (Lipinski definition) is 4. The molecular formula is C13H18N2O3. The molecule has 0 aromatic carbocycles. The van der Waals surface area contributed by atoms with Gasteiger partial charge in [-0.1, -0.05) is 12.8 Å². The van der Waals surface area contributed by atoms with Crippen LogP contribution in [0.25, 0.3) is 0 Å². The predicted octanol–water partition coefficient (Wildman–Crippen LogP) is 1.04. The normalized spacial score (nSPS) is 33.7. The van der Waals surface area contributed by atoms with Gasteiger partial charge in [-0.2, -0.15) is 5.26 Å². The van der Waals surface area contributed by atoms with Gasteiger partial charge in [0.25, 0.3) is 11.7 Å². The number of nitrogens with zero attached hydrogens (tertiary/aromatic N) is 2. The Morgan fingerprint density at radius 1 is 1.33 bits per heavy atom. The number of carbonyl (C=O) groups excluding carboxylic acids is 1. The van der Waals surface area contributed by atoms with Gasteiger partial charge in [0.2, 0.25) is 0 Å². The van der Waals surface area contributed by atoms with Crippen LogP contribution < -0.4 is 0 Å². The van der Waals surface area contributed by atoms with Gasteiger partial charge in [-0.25, -0.2) is 0 Å². The Labute approximate surface area is 107 Å². The molecule has 1 spiro atoms. The van der Waals surface area contributed by atoms with Crippen LogP contribution in [0, 0.1) is 17.2 Å². The standard InChI is InChI=1S/C13H18N2O3/c14-6-3-7-15-11-5-2-1-4-10(11)13(12(15)16)17-8-9-18-13/h10-11H,1-5,7-9H2/t10-,11-/m0/s1. The van der Waals surface area contributed by atoms with E-state index in [0.717, 1.165) is 25.7 Å². The molecule has 2 atom stereocenters. The number of ether oxygens (including phenoxy) is 2. The Kier molecular flexibility index (Phi) is 3.00. The molecule has 0 bridgehead atoms. The van der Waals surface area contributed by atoms with E-state index in [1.165, 1.54) is 0 Å². The average molecular weight is 250 g/mol. The van der Waals surface area contributed by atoms with Gasteiger partial charge >= 0.3 is 0 Å². The minimum atomic E-state index is -1.01. The minimum Gasteiger partial charge on any atom is -0.339 e. The molecule has 5 nitrogen and oxygen atoms in total. The van der Waals surface area contributed by atoms with E-state index in [0.29, 0.717) is 26.2 Å². The van der Waals surface area contributed by atoms with Gasteiger partial charge in [-0.15, -0.1) is 0 Å². The minimum absolute atomic E-state index is 0.0489. The summed E-state index contributed by atoms with van der Waals surface area (Å²) >= 11 is 0. The van der Waals surface area contributed by atoms with Crippen LogP contribution in [-0.4, -0.2) is 42.4 Å². The third-order valence-electron chi connectivity index (χ3n) is 4.36. The molecule has 2 aliphatic heterocycles. The molecule has 3 fully saturated rings. The van der Waals surface area contributed by atoms with Gasteiger partial charge in [0.1, 0.15) is 0 Å². The Morgan fingerprint density at radius 3 is 2.78 bits per heavy atom. The maximum Gasteiger partial charge on any atom is 0.283 e. The summed E-state index contributed by atoms with van der Waals surface area (Å²) in [6.07, 6.45) is 4.66. The molecule has 0 aromatic heterocycles. The number of likely N-dealkylation sites (tertiary alicyclic amines) is 1. The first kappa shape index (κ1) is 11.9. The highest BCUT2D eigenvalue weighted by atomic mass is 16.7. The van der Waals surface area contributed by atoms with Gasteiger partial charge in [0.05, 0.1) is 25.7 Å². The first-order chi connectivity index (χ1) is 8.79. The summed E-state index contributed by atoms with van der Waals surface area (Å²) in [4.78, 5) is 14.4. The number of hydrogen-bond donors (Lipinski definition) is 0. The van der Waals surface area contributed by atoms with Gasteiger partial charge < -0.3 is 14.4 Å². The van der Waals surface area contributed by atoms with Crippen molar-refractivity contribution in [1.82, 2.24) is 4.90 Å². The van der Waals surface area contributed by atoms with Crippen LogP contribution in [0.1, 0.15) is 32.1 Å². The number of nitriles is 1. The van der Waals surface area contributed by atoms with Gasteiger partial charge in [-0.05, 0) is 12.8 Å². The summed E-state index contributed by atoms with van der Waals surface area (Å²) in [7, 11) is 0. The predicted molar refractivity (Wildman–Crippen MR) is 62.3 cm³/mol. The van der Waals surface area contributed by atoms with Crippen molar-refractivity contribution in [2.75, 3.05) is 19.8 Å². The molecule has 0 radical (unpaired) electrons. The maximum absolute atomic E-state index is 12.6. The summed E-state index contributed by atoms with van der Waals surface area (Å²) < 4.78 is 11.4. The van der Waals surface area contributed by atoms with Gasteiger partial charge in [0, 0.05) is 18.5 Å². The number of carbonyl (C=O) groups is 1. The van der Waals surface area contributed by atoms with Crippen LogP contribution >= 0.6 is 0 Å². The Hall–Kier alpha value is -1.12. The molecule has 18 heavy (non-hydrogen) atoms. The average Bonchev–Trinajstić information content (AvgIpc) is 2.97. The second-order valence-electron chi connectivity index (χ2n) is 5.23. The van der Waals surface area contributed by atoms with E-state index in [2.05, 4.69) is 6.07 Å². The lowest BCUT2D eigenvalue weighted by Crippen LogP contribution is -2.44. The number of amides is 1. The fourth-order valence-electron chi connectivity index (χ4n) is 3.64. The maximum atomic E-state index is 12.6. The zero-order valence-electron chi connectivity index (χ0n) is 10.4. The molecule has 0 aromatic rings. The fourth-order valence-corrected chi connectivity index (χ4v) is 3.64. The highest BCUT2D eigenvalue weighted by Crippen LogP contribution is 2.47. The van der Waals surface area contributed by atoms with E-state index in [9.17, 15) is 4.79 Å². The van der Waals surface area contributed by atoms with E-state index >= 15 is 0 Å². The van der Waals surface area contributed by atoms with Crippen molar-refractivity contribution in [3.05, 3.63) is 0 Å². The monoisotopic (exact) mass is 250 g/mol. The highest BCUT2D eigenvalue weighted by molar-refractivity contribution is 5.87. The molecule has 0 N–H and O–H groups in total. The van der Waals surface area contributed by atoms with Gasteiger partial charge in [0.15, 0.2) is 0 Å². The largest absolute Gasteiger partial charge is 0.339 e. The second-order valence-corrected chi connectivity index (χ2v) is 5.23. The van der Waals surface area contributed by atoms with Crippen LogP contribution in [0.5, 0.6) is 0 Å². The Bertz CT molecular complexity index is 384. The van der Waals surface area contributed by atoms with Crippen LogP contribution in [0.3, 0.4) is 0 Å². The molecule has 1 aliphatic carbocycles. The molecule has 2 saturated heterocycles. The molecule has 2 heterocycles. The van der Waals surface area contributed by atoms with Crippen LogP contribution in [0.15, 0.2) is 0 Å². The summed E-state index contributed by atoms with van der Waals surface area (Å²) in [6.45, 7) is 1.51. The van der Waals surface area contributed by atoms with Crippen molar-refractivity contribution in [3.63, 3.8) is 0 Å². The Morgan fingerprint density at radius 2 is 2.06 bits per heavy atom. The Balaban J connectivity index is 1.88. The smallest absolute Gasteiger partial charge is 0.283 e. The lowest BCUT2D eigenvalue weighted by atomic mass is 9.82. The summed E-state index contributed by atoms with van der Waals surface area (Å²) in [5, 5.41) is 8.72. The van der Waals surface area contributed by atoms with E-state index in [-0.39, 0.29) is 17.9 Å². The SMILES string of the molecule is N#CCCN1C(=O)C2(OCCO2)[C@H]2CCCC[C@@H]21. The second kappa shape index (κ2) is 4.52. The topological polar surface area (TPSA) is 62.6 Å². The lowest BCUT2D eigenvalue weighted by Gasteiger charge is -2.32. The summed E-state index contributed by atoms with van der Waals surface area (Å²) in [6, 6.07) is 2.32. The first-order valence-electron chi connectivity index (χ1n) is 6.75. The van der Waals surface area contributed by atoms with Crippen molar-refractivity contribution in [2.24, 2.45) is 5.92 Å². The van der Waals surface area contributed by atoms with E-state index < -0.39 is 5.79 Å². The highest BCUT2D eigenvalue weighted by Gasteiger charge is 2.63. The van der Waals surface area contributed by atoms with Crippen molar-refractivity contribution >= 4 is 5.91 Å². The van der Waals surface area contributed by atoms with E-state index in [1.807, 2.05) is 4.90 Å². The summed E-state index contributed by atoms with van der Waals surface area (Å²) in [5.74, 6) is -0.910. The number of rotatable bonds is 2. The van der Waals surface area contributed by atoms with E-state index in [1.54, 1.807) is 0 Å². The molecule has 0 unspecified atom stereocenters. The fraction of sp³-hybridized carbons (Fsp3) is 0.846. The van der Waals surface area contributed by atoms with Crippen molar-refractivity contribution in [1.29, 1.82) is 5.26 Å². The molecule has 98 valence electrons. The lowest BCUT2D eigenvalue weighted by molar-refractivity contribution is -0.194. The van der Waals surface area contributed by atoms with Crippen LogP contribution in [-0.2, 0) is 14.3 Å². The van der Waals surface area contributed by atoms with Crippen molar-refractivity contribution < 1.29 is 14.3 Å². The zero-order valence-corrected chi connectivity index (χ0v) is 10.4. The van der Waals surface area contributed by atoms with Crippen LogP contribution in [0.2, 0.25) is 0 Å². The molecule has 1 amide bonds. The molecular weight excluding hydrogens is 232 g/mol. The first-order valence-corrected chi connectivity index (χ1v) is 6.75. The van der Waals surface area contributed by atoms with E-state index in [4.69, 9.17) is 14.7 Å². The number of fused-ring (bicyclic) bond motifs is 2. The molecule has 3 aliphatic rings. The molecule has 5 heteroatoms.